The maximum atomic E-state index is 10.4. The number of nitrogens with two attached hydrogens (primary N) is 2. The van der Waals surface area contributed by atoms with Crippen LogP contribution in [0.15, 0.2) is 24.5 Å². The molecule has 1 aromatic rings. The topological polar surface area (TPSA) is 157 Å². The van der Waals surface area contributed by atoms with Crippen LogP contribution in [0.5, 0.6) is 0 Å². The summed E-state index contributed by atoms with van der Waals surface area (Å²) in [5.41, 5.74) is 10.4. The van der Waals surface area contributed by atoms with E-state index >= 15 is 0 Å². The summed E-state index contributed by atoms with van der Waals surface area (Å²) in [7, 11) is 0. The van der Waals surface area contributed by atoms with Gasteiger partial charge < -0.3 is 21.7 Å². The number of carboxylic acid groups (broad SMARTS) is 2. The van der Waals surface area contributed by atoms with Crippen LogP contribution in [0.4, 0.5) is 0 Å². The second-order valence-corrected chi connectivity index (χ2v) is 3.48. The smallest absolute Gasteiger partial charge is 0.320 e. The number of aromatic nitrogens is 1. The first-order valence-corrected chi connectivity index (χ1v) is 5.24. The molecule has 0 aromatic carbocycles. The molecule has 1 amide bonds. The standard InChI is InChI=1S/C6H6N2O.C5H9NO4/c7-6(9)5-2-1-3-8-4-5;6-3(5(9)10)1-2-4(7)8/h1-4H,(H2,7,9);3H,1-2,6H2,(H,7,8)(H,9,10)/t;3-/m.0/s1. The highest BCUT2D eigenvalue weighted by molar-refractivity contribution is 5.92. The molecular formula is C11H15N3O5. The van der Waals surface area contributed by atoms with Crippen LogP contribution in [0, 0.1) is 0 Å². The normalized spacial score (nSPS) is 10.8. The molecule has 8 nitrogen and oxygen atoms in total. The van der Waals surface area contributed by atoms with Crippen LogP contribution in [0.25, 0.3) is 0 Å². The summed E-state index contributed by atoms with van der Waals surface area (Å²) in [6.07, 6.45) is 2.80. The summed E-state index contributed by atoms with van der Waals surface area (Å²) >= 11 is 0. The third kappa shape index (κ3) is 8.27. The minimum Gasteiger partial charge on any atom is -0.481 e. The molecule has 8 heteroatoms. The van der Waals surface area contributed by atoms with Gasteiger partial charge in [0.1, 0.15) is 6.04 Å². The van der Waals surface area contributed by atoms with E-state index < -0.39 is 23.9 Å². The summed E-state index contributed by atoms with van der Waals surface area (Å²) in [4.78, 5) is 34.0. The Morgan fingerprint density at radius 3 is 2.26 bits per heavy atom. The number of rotatable bonds is 5. The van der Waals surface area contributed by atoms with Crippen molar-refractivity contribution in [3.63, 3.8) is 0 Å². The van der Waals surface area contributed by atoms with Crippen molar-refractivity contribution < 1.29 is 24.6 Å². The number of amides is 1. The van der Waals surface area contributed by atoms with Crippen molar-refractivity contribution in [1.29, 1.82) is 0 Å². The molecule has 1 aromatic heterocycles. The second kappa shape index (κ2) is 8.59. The van der Waals surface area contributed by atoms with Gasteiger partial charge in [-0.2, -0.15) is 0 Å². The van der Waals surface area contributed by atoms with Gasteiger partial charge in [-0.15, -0.1) is 0 Å². The number of hydrogen-bond donors (Lipinski definition) is 4. The molecule has 0 radical (unpaired) electrons. The van der Waals surface area contributed by atoms with Gasteiger partial charge in [-0.3, -0.25) is 19.4 Å². The lowest BCUT2D eigenvalue weighted by atomic mass is 10.2. The van der Waals surface area contributed by atoms with Crippen molar-refractivity contribution in [1.82, 2.24) is 4.98 Å². The zero-order valence-corrected chi connectivity index (χ0v) is 10.0. The number of pyridine rings is 1. The third-order valence-electron chi connectivity index (χ3n) is 1.93. The first-order chi connectivity index (χ1) is 8.84. The fourth-order valence-electron chi connectivity index (χ4n) is 0.911. The molecule has 6 N–H and O–H groups in total. The van der Waals surface area contributed by atoms with E-state index in [9.17, 15) is 14.4 Å². The van der Waals surface area contributed by atoms with E-state index in [2.05, 4.69) is 4.98 Å². The molecule has 104 valence electrons. The largest absolute Gasteiger partial charge is 0.481 e. The van der Waals surface area contributed by atoms with E-state index in [1.807, 2.05) is 0 Å². The Balaban J connectivity index is 0.000000342. The van der Waals surface area contributed by atoms with Crippen molar-refractivity contribution in [3.8, 4) is 0 Å². The Morgan fingerprint density at radius 1 is 1.32 bits per heavy atom. The van der Waals surface area contributed by atoms with Crippen LogP contribution in [-0.2, 0) is 9.59 Å². The molecule has 1 atom stereocenters. The maximum absolute atomic E-state index is 10.4. The predicted octanol–water partition coefficient (Wildman–Crippen LogP) is -0.556. The third-order valence-corrected chi connectivity index (χ3v) is 1.93. The number of carbonyl (C=O) groups is 3. The Morgan fingerprint density at radius 2 is 1.95 bits per heavy atom. The molecule has 1 rings (SSSR count). The molecule has 0 bridgehead atoms. The molecule has 0 aliphatic rings. The van der Waals surface area contributed by atoms with E-state index in [0.717, 1.165) is 0 Å². The molecule has 0 aliphatic heterocycles. The van der Waals surface area contributed by atoms with E-state index in [0.29, 0.717) is 5.56 Å². The lowest BCUT2D eigenvalue weighted by Gasteiger charge is -2.01. The highest BCUT2D eigenvalue weighted by Crippen LogP contribution is 1.93. The number of primary amides is 1. The van der Waals surface area contributed by atoms with Gasteiger partial charge in [0.2, 0.25) is 5.91 Å². The Hall–Kier alpha value is -2.48. The van der Waals surface area contributed by atoms with E-state index in [-0.39, 0.29) is 12.8 Å². The van der Waals surface area contributed by atoms with Gasteiger partial charge in [0.15, 0.2) is 0 Å². The van der Waals surface area contributed by atoms with E-state index in [4.69, 9.17) is 21.7 Å². The number of aliphatic carboxylic acids is 2. The first kappa shape index (κ1) is 16.5. The van der Waals surface area contributed by atoms with Gasteiger partial charge in [-0.1, -0.05) is 0 Å². The van der Waals surface area contributed by atoms with Crippen molar-refractivity contribution in [2.75, 3.05) is 0 Å². The average molecular weight is 269 g/mol. The summed E-state index contributed by atoms with van der Waals surface area (Å²) in [6, 6.07) is 2.23. The van der Waals surface area contributed by atoms with Gasteiger partial charge in [-0.05, 0) is 18.6 Å². The van der Waals surface area contributed by atoms with Crippen molar-refractivity contribution in [2.24, 2.45) is 11.5 Å². The van der Waals surface area contributed by atoms with Gasteiger partial charge in [0.05, 0.1) is 5.56 Å². The zero-order valence-electron chi connectivity index (χ0n) is 10.0. The van der Waals surface area contributed by atoms with Gasteiger partial charge in [0.25, 0.3) is 0 Å². The molecular weight excluding hydrogens is 254 g/mol. The average Bonchev–Trinajstić information content (AvgIpc) is 2.37. The van der Waals surface area contributed by atoms with E-state index in [1.165, 1.54) is 6.20 Å². The van der Waals surface area contributed by atoms with Crippen LogP contribution < -0.4 is 11.5 Å². The van der Waals surface area contributed by atoms with Crippen LogP contribution in [-0.4, -0.2) is 39.1 Å². The van der Waals surface area contributed by atoms with Crippen LogP contribution in [0.3, 0.4) is 0 Å². The summed E-state index contributed by atoms with van der Waals surface area (Å²) < 4.78 is 0. The molecule has 0 aliphatic carbocycles. The molecule has 0 saturated heterocycles. The van der Waals surface area contributed by atoms with Gasteiger partial charge in [0, 0.05) is 18.8 Å². The first-order valence-electron chi connectivity index (χ1n) is 5.24. The summed E-state index contributed by atoms with van der Waals surface area (Å²) in [6.45, 7) is 0. The number of carboxylic acids is 2. The van der Waals surface area contributed by atoms with Crippen molar-refractivity contribution in [3.05, 3.63) is 30.1 Å². The number of hydrogen-bond acceptors (Lipinski definition) is 5. The zero-order chi connectivity index (χ0) is 14.8. The maximum Gasteiger partial charge on any atom is 0.320 e. The molecule has 0 spiro atoms. The second-order valence-electron chi connectivity index (χ2n) is 3.48. The fourth-order valence-corrected chi connectivity index (χ4v) is 0.911. The Bertz CT molecular complexity index is 435. The molecule has 19 heavy (non-hydrogen) atoms. The summed E-state index contributed by atoms with van der Waals surface area (Å²) in [5.74, 6) is -2.64. The molecule has 0 saturated carbocycles. The molecule has 0 unspecified atom stereocenters. The minimum absolute atomic E-state index is 0.0231. The molecule has 1 heterocycles. The lowest BCUT2D eigenvalue weighted by Crippen LogP contribution is -2.30. The number of carbonyl (C=O) groups excluding carboxylic acids is 1. The van der Waals surface area contributed by atoms with E-state index in [1.54, 1.807) is 18.3 Å². The highest BCUT2D eigenvalue weighted by atomic mass is 16.4. The van der Waals surface area contributed by atoms with Crippen LogP contribution in [0.2, 0.25) is 0 Å². The Labute approximate surface area is 109 Å². The predicted molar refractivity (Wildman–Crippen MR) is 65.2 cm³/mol. The number of nitrogens with zero attached hydrogens (tertiary/aromatic N) is 1. The van der Waals surface area contributed by atoms with Gasteiger partial charge >= 0.3 is 11.9 Å². The fraction of sp³-hybridized carbons (Fsp3) is 0.273. The van der Waals surface area contributed by atoms with Crippen molar-refractivity contribution in [2.45, 2.75) is 18.9 Å². The lowest BCUT2D eigenvalue weighted by molar-refractivity contribution is -0.139. The monoisotopic (exact) mass is 269 g/mol. The van der Waals surface area contributed by atoms with Crippen LogP contribution >= 0.6 is 0 Å². The van der Waals surface area contributed by atoms with Crippen molar-refractivity contribution >= 4 is 17.8 Å². The summed E-state index contributed by atoms with van der Waals surface area (Å²) in [5, 5.41) is 16.3. The minimum atomic E-state index is -1.17. The SMILES string of the molecule is NC(=O)c1cccnc1.N[C@@H](CCC(=O)O)C(=O)O. The Kier molecular flexibility index (Phi) is 7.47. The quantitative estimate of drug-likeness (QED) is 0.558. The highest BCUT2D eigenvalue weighted by Gasteiger charge is 2.12. The molecule has 0 fully saturated rings. The van der Waals surface area contributed by atoms with Crippen LogP contribution in [0.1, 0.15) is 23.2 Å². The van der Waals surface area contributed by atoms with Gasteiger partial charge in [-0.25, -0.2) is 0 Å².